The van der Waals surface area contributed by atoms with Gasteiger partial charge in [0, 0.05) is 36.2 Å². The molecule has 0 saturated carbocycles. The molecule has 0 spiro atoms. The first kappa shape index (κ1) is 13.3. The van der Waals surface area contributed by atoms with Gasteiger partial charge in [-0.15, -0.1) is 0 Å². The molecule has 1 aromatic rings. The number of hydrazine groups is 1. The number of carbonyl (C=O) groups excluding carboxylic acids is 2. The molecule has 0 bridgehead atoms. The number of pyridine rings is 1. The molecule has 0 aliphatic heterocycles. The standard InChI is InChI=1S/C14H17N3O2/c1-14(2)8-11(7-12(18)9-14)16-17-13(19)10-3-5-15-6-4-10/h3-7,16H,8-9H2,1-2H3,(H,17,19). The minimum absolute atomic E-state index is 0.0738. The lowest BCUT2D eigenvalue weighted by Crippen LogP contribution is -2.39. The van der Waals surface area contributed by atoms with Crippen molar-refractivity contribution in [1.82, 2.24) is 15.8 Å². The Morgan fingerprint density at radius 3 is 2.58 bits per heavy atom. The molecule has 5 heteroatoms. The van der Waals surface area contributed by atoms with E-state index in [9.17, 15) is 9.59 Å². The first-order valence-corrected chi connectivity index (χ1v) is 6.16. The summed E-state index contributed by atoms with van der Waals surface area (Å²) in [7, 11) is 0. The minimum atomic E-state index is -0.251. The summed E-state index contributed by atoms with van der Waals surface area (Å²) in [6, 6.07) is 3.25. The Morgan fingerprint density at radius 2 is 1.95 bits per heavy atom. The smallest absolute Gasteiger partial charge is 0.269 e. The van der Waals surface area contributed by atoms with E-state index in [1.54, 1.807) is 30.6 Å². The van der Waals surface area contributed by atoms with Crippen LogP contribution in [0.4, 0.5) is 0 Å². The Balaban J connectivity index is 1.96. The van der Waals surface area contributed by atoms with Crippen molar-refractivity contribution >= 4 is 11.7 Å². The molecule has 2 N–H and O–H groups in total. The first-order valence-electron chi connectivity index (χ1n) is 6.16. The van der Waals surface area contributed by atoms with E-state index in [2.05, 4.69) is 15.8 Å². The highest BCUT2D eigenvalue weighted by Crippen LogP contribution is 2.32. The number of aromatic nitrogens is 1. The molecule has 0 atom stereocenters. The molecular formula is C14H17N3O2. The van der Waals surface area contributed by atoms with Crippen molar-refractivity contribution in [1.29, 1.82) is 0 Å². The lowest BCUT2D eigenvalue weighted by molar-refractivity contribution is -0.117. The zero-order chi connectivity index (χ0) is 13.9. The Bertz CT molecular complexity index is 521. The number of nitrogens with one attached hydrogen (secondary N) is 2. The van der Waals surface area contributed by atoms with Gasteiger partial charge in [0.25, 0.3) is 5.91 Å². The Labute approximate surface area is 112 Å². The SMILES string of the molecule is CC1(C)CC(=O)C=C(NNC(=O)c2ccncc2)C1. The highest BCUT2D eigenvalue weighted by atomic mass is 16.2. The summed E-state index contributed by atoms with van der Waals surface area (Å²) >= 11 is 0. The quantitative estimate of drug-likeness (QED) is 0.809. The van der Waals surface area contributed by atoms with E-state index in [0.29, 0.717) is 12.0 Å². The number of amides is 1. The van der Waals surface area contributed by atoms with Crippen molar-refractivity contribution in [2.24, 2.45) is 5.41 Å². The van der Waals surface area contributed by atoms with E-state index in [4.69, 9.17) is 0 Å². The number of rotatable bonds is 3. The van der Waals surface area contributed by atoms with Crippen LogP contribution in [0, 0.1) is 5.41 Å². The summed E-state index contributed by atoms with van der Waals surface area (Å²) in [6.45, 7) is 4.06. The van der Waals surface area contributed by atoms with Crippen LogP contribution in [0.25, 0.3) is 0 Å². The van der Waals surface area contributed by atoms with Crippen LogP contribution in [0.15, 0.2) is 36.3 Å². The normalized spacial score (nSPS) is 17.6. The number of hydrogen-bond donors (Lipinski definition) is 2. The van der Waals surface area contributed by atoms with Crippen LogP contribution in [-0.2, 0) is 4.79 Å². The van der Waals surface area contributed by atoms with E-state index in [-0.39, 0.29) is 17.1 Å². The Morgan fingerprint density at radius 1 is 1.26 bits per heavy atom. The van der Waals surface area contributed by atoms with Gasteiger partial charge in [0.1, 0.15) is 0 Å². The van der Waals surface area contributed by atoms with Gasteiger partial charge in [-0.1, -0.05) is 13.8 Å². The van der Waals surface area contributed by atoms with Crippen molar-refractivity contribution in [2.75, 3.05) is 0 Å². The van der Waals surface area contributed by atoms with Crippen molar-refractivity contribution in [3.8, 4) is 0 Å². The molecule has 1 aliphatic rings. The monoisotopic (exact) mass is 259 g/mol. The van der Waals surface area contributed by atoms with Crippen LogP contribution in [0.3, 0.4) is 0 Å². The van der Waals surface area contributed by atoms with Crippen LogP contribution in [-0.4, -0.2) is 16.7 Å². The summed E-state index contributed by atoms with van der Waals surface area (Å²) in [5, 5.41) is 0. The minimum Gasteiger partial charge on any atom is -0.302 e. The van der Waals surface area contributed by atoms with Crippen LogP contribution < -0.4 is 10.9 Å². The average Bonchev–Trinajstić information content (AvgIpc) is 2.34. The third-order valence-electron chi connectivity index (χ3n) is 2.94. The highest BCUT2D eigenvalue weighted by Gasteiger charge is 2.27. The molecular weight excluding hydrogens is 242 g/mol. The predicted molar refractivity (Wildman–Crippen MR) is 70.9 cm³/mol. The summed E-state index contributed by atoms with van der Waals surface area (Å²) in [4.78, 5) is 27.2. The van der Waals surface area contributed by atoms with Gasteiger partial charge in [-0.3, -0.25) is 20.0 Å². The molecule has 0 radical (unpaired) electrons. The fraction of sp³-hybridized carbons (Fsp3) is 0.357. The molecule has 1 aromatic heterocycles. The highest BCUT2D eigenvalue weighted by molar-refractivity contribution is 5.94. The third kappa shape index (κ3) is 3.64. The fourth-order valence-corrected chi connectivity index (χ4v) is 2.14. The molecule has 1 amide bonds. The molecule has 5 nitrogen and oxygen atoms in total. The topological polar surface area (TPSA) is 71.1 Å². The van der Waals surface area contributed by atoms with Crippen LogP contribution in [0.2, 0.25) is 0 Å². The van der Waals surface area contributed by atoms with E-state index >= 15 is 0 Å². The zero-order valence-corrected chi connectivity index (χ0v) is 11.1. The van der Waals surface area contributed by atoms with E-state index in [0.717, 1.165) is 12.1 Å². The maximum Gasteiger partial charge on any atom is 0.269 e. The van der Waals surface area contributed by atoms with Gasteiger partial charge in [0.15, 0.2) is 5.78 Å². The summed E-state index contributed by atoms with van der Waals surface area (Å²) < 4.78 is 0. The molecule has 0 unspecified atom stereocenters. The van der Waals surface area contributed by atoms with Gasteiger partial charge in [0.2, 0.25) is 0 Å². The molecule has 2 rings (SSSR count). The van der Waals surface area contributed by atoms with Gasteiger partial charge >= 0.3 is 0 Å². The first-order chi connectivity index (χ1) is 8.96. The molecule has 0 saturated heterocycles. The number of nitrogens with zero attached hydrogens (tertiary/aromatic N) is 1. The lowest BCUT2D eigenvalue weighted by Gasteiger charge is -2.29. The van der Waals surface area contributed by atoms with Gasteiger partial charge in [-0.25, -0.2) is 0 Å². The van der Waals surface area contributed by atoms with Crippen LogP contribution in [0.5, 0.6) is 0 Å². The van der Waals surface area contributed by atoms with Crippen molar-refractivity contribution in [2.45, 2.75) is 26.7 Å². The largest absolute Gasteiger partial charge is 0.302 e. The molecule has 1 aliphatic carbocycles. The lowest BCUT2D eigenvalue weighted by atomic mass is 9.79. The van der Waals surface area contributed by atoms with Gasteiger partial charge in [-0.2, -0.15) is 0 Å². The molecule has 0 fully saturated rings. The van der Waals surface area contributed by atoms with E-state index < -0.39 is 0 Å². The molecule has 19 heavy (non-hydrogen) atoms. The summed E-state index contributed by atoms with van der Waals surface area (Å²) in [5.41, 5.74) is 6.60. The van der Waals surface area contributed by atoms with Crippen LogP contribution in [0.1, 0.15) is 37.0 Å². The van der Waals surface area contributed by atoms with E-state index in [1.165, 1.54) is 0 Å². The maximum absolute atomic E-state index is 11.8. The number of carbonyl (C=O) groups is 2. The Kier molecular flexibility index (Phi) is 3.64. The zero-order valence-electron chi connectivity index (χ0n) is 11.1. The average molecular weight is 259 g/mol. The number of ketones is 1. The van der Waals surface area contributed by atoms with Gasteiger partial charge in [0.05, 0.1) is 0 Å². The second kappa shape index (κ2) is 5.22. The van der Waals surface area contributed by atoms with Gasteiger partial charge < -0.3 is 5.43 Å². The van der Waals surface area contributed by atoms with Gasteiger partial charge in [-0.05, 0) is 24.0 Å². The fourth-order valence-electron chi connectivity index (χ4n) is 2.14. The van der Waals surface area contributed by atoms with Crippen LogP contribution >= 0.6 is 0 Å². The number of hydrogen-bond acceptors (Lipinski definition) is 4. The van der Waals surface area contributed by atoms with Crippen molar-refractivity contribution in [3.05, 3.63) is 41.9 Å². The van der Waals surface area contributed by atoms with Crippen molar-refractivity contribution in [3.63, 3.8) is 0 Å². The number of allylic oxidation sites excluding steroid dienone is 2. The second-order valence-electron chi connectivity index (χ2n) is 5.47. The Hall–Kier alpha value is -2.17. The molecule has 100 valence electrons. The second-order valence-corrected chi connectivity index (χ2v) is 5.47. The summed E-state index contributed by atoms with van der Waals surface area (Å²) in [6.07, 6.45) is 5.94. The third-order valence-corrected chi connectivity index (χ3v) is 2.94. The molecule has 0 aromatic carbocycles. The summed E-state index contributed by atoms with van der Waals surface area (Å²) in [5.74, 6) is -0.170. The predicted octanol–water partition coefficient (Wildman–Crippen LogP) is 1.59. The van der Waals surface area contributed by atoms with E-state index in [1.807, 2.05) is 13.8 Å². The maximum atomic E-state index is 11.8. The van der Waals surface area contributed by atoms with Crippen molar-refractivity contribution < 1.29 is 9.59 Å². The molecule has 1 heterocycles.